The van der Waals surface area contributed by atoms with Crippen LogP contribution < -0.4 is 4.90 Å². The minimum absolute atomic E-state index is 0.123. The minimum atomic E-state index is -5.44. The van der Waals surface area contributed by atoms with E-state index in [1.807, 2.05) is 24.3 Å². The fourth-order valence-electron chi connectivity index (χ4n) is 3.28. The largest absolute Gasteiger partial charge is 0.453 e. The number of rotatable bonds is 3. The zero-order chi connectivity index (χ0) is 20.5. The van der Waals surface area contributed by atoms with Gasteiger partial charge in [0.1, 0.15) is 0 Å². The van der Waals surface area contributed by atoms with Crippen LogP contribution in [0.15, 0.2) is 46.9 Å². The second-order valence-electron chi connectivity index (χ2n) is 6.73. The van der Waals surface area contributed by atoms with Crippen molar-refractivity contribution in [1.29, 1.82) is 0 Å². The Morgan fingerprint density at radius 3 is 2.50 bits per heavy atom. The van der Waals surface area contributed by atoms with Gasteiger partial charge in [-0.15, -0.1) is 0 Å². The molecule has 0 saturated carbocycles. The first-order valence-corrected chi connectivity index (χ1v) is 9.56. The van der Waals surface area contributed by atoms with E-state index in [-0.39, 0.29) is 12.3 Å². The van der Waals surface area contributed by atoms with Crippen molar-refractivity contribution in [3.63, 3.8) is 0 Å². The Morgan fingerprint density at radius 2 is 1.82 bits per heavy atom. The fraction of sp³-hybridized carbons (Fsp3) is 0.350. The Balaban J connectivity index is 1.93. The average molecular weight is 460 g/mol. The van der Waals surface area contributed by atoms with Crippen molar-refractivity contribution in [2.24, 2.45) is 0 Å². The first-order valence-electron chi connectivity index (χ1n) is 8.76. The third kappa shape index (κ3) is 4.07. The van der Waals surface area contributed by atoms with Crippen molar-refractivity contribution < 1.29 is 27.5 Å². The van der Waals surface area contributed by atoms with Crippen LogP contribution in [0.2, 0.25) is 0 Å². The van der Waals surface area contributed by atoms with Gasteiger partial charge < -0.3 is 10.0 Å². The lowest BCUT2D eigenvalue weighted by Gasteiger charge is -2.26. The maximum absolute atomic E-state index is 13.9. The number of benzene rings is 2. The summed E-state index contributed by atoms with van der Waals surface area (Å²) in [4.78, 5) is 14.4. The molecule has 1 amide bonds. The predicted molar refractivity (Wildman–Crippen MR) is 101 cm³/mol. The van der Waals surface area contributed by atoms with Crippen LogP contribution >= 0.6 is 15.9 Å². The number of aliphatic hydroxyl groups is 1. The number of hydrogen-bond donors (Lipinski definition) is 1. The maximum Gasteiger partial charge on any atom is 0.453 e. The number of halogens is 5. The highest BCUT2D eigenvalue weighted by Gasteiger charge is 2.56. The van der Waals surface area contributed by atoms with Crippen molar-refractivity contribution in [2.45, 2.75) is 37.7 Å². The Labute approximate surface area is 168 Å². The lowest BCUT2D eigenvalue weighted by atomic mass is 9.99. The first kappa shape index (κ1) is 20.8. The van der Waals surface area contributed by atoms with Crippen LogP contribution in [0.3, 0.4) is 0 Å². The molecule has 0 fully saturated rings. The summed E-state index contributed by atoms with van der Waals surface area (Å²) >= 11 is 3.40. The van der Waals surface area contributed by atoms with E-state index in [2.05, 4.69) is 15.9 Å². The van der Waals surface area contributed by atoms with E-state index >= 15 is 0 Å². The number of anilines is 1. The highest BCUT2D eigenvalue weighted by molar-refractivity contribution is 9.10. The van der Waals surface area contributed by atoms with E-state index in [0.29, 0.717) is 37.1 Å². The molecule has 1 unspecified atom stereocenters. The average Bonchev–Trinajstić information content (AvgIpc) is 2.84. The molecule has 1 aliphatic heterocycles. The Bertz CT molecular complexity index is 883. The maximum atomic E-state index is 13.9. The zero-order valence-corrected chi connectivity index (χ0v) is 16.4. The number of carbonyl (C=O) groups excluding carboxylic acids is 1. The van der Waals surface area contributed by atoms with Gasteiger partial charge in [-0.1, -0.05) is 40.2 Å². The molecule has 2 aromatic rings. The van der Waals surface area contributed by atoms with Crippen molar-refractivity contribution in [3.8, 4) is 0 Å². The van der Waals surface area contributed by atoms with E-state index in [1.54, 1.807) is 0 Å². The summed E-state index contributed by atoms with van der Waals surface area (Å²) in [7, 11) is 0. The lowest BCUT2D eigenvalue weighted by molar-refractivity contribution is -0.323. The van der Waals surface area contributed by atoms with Gasteiger partial charge in [-0.2, -0.15) is 17.6 Å². The molecule has 0 aliphatic carbocycles. The molecule has 3 nitrogen and oxygen atoms in total. The van der Waals surface area contributed by atoms with Gasteiger partial charge >= 0.3 is 12.0 Å². The Kier molecular flexibility index (Phi) is 5.82. The summed E-state index contributed by atoms with van der Waals surface area (Å²) in [5, 5.41) is 9.32. The summed E-state index contributed by atoms with van der Waals surface area (Å²) in [6, 6.07) is 10.5. The van der Waals surface area contributed by atoms with Crippen molar-refractivity contribution >= 4 is 27.5 Å². The number of alkyl halides is 4. The zero-order valence-electron chi connectivity index (χ0n) is 14.8. The van der Waals surface area contributed by atoms with Crippen LogP contribution in [-0.4, -0.2) is 23.7 Å². The first-order chi connectivity index (χ1) is 13.1. The molecule has 0 spiro atoms. The normalized spacial score (nSPS) is 16.9. The third-order valence-electron chi connectivity index (χ3n) is 4.81. The highest BCUT2D eigenvalue weighted by Crippen LogP contribution is 2.42. The van der Waals surface area contributed by atoms with Crippen LogP contribution in [0.5, 0.6) is 0 Å². The fourth-order valence-corrected chi connectivity index (χ4v) is 3.71. The topological polar surface area (TPSA) is 40.5 Å². The van der Waals surface area contributed by atoms with Gasteiger partial charge in [-0.3, -0.25) is 4.79 Å². The minimum Gasteiger partial charge on any atom is -0.351 e. The quantitative estimate of drug-likeness (QED) is 0.653. The molecule has 0 aromatic heterocycles. The predicted octanol–water partition coefficient (Wildman–Crippen LogP) is 5.04. The number of amides is 1. The van der Waals surface area contributed by atoms with Crippen molar-refractivity contribution in [1.82, 2.24) is 0 Å². The number of hydrogen-bond acceptors (Lipinski definition) is 2. The summed E-state index contributed by atoms with van der Waals surface area (Å²) in [6.45, 7) is 0.425. The highest BCUT2D eigenvalue weighted by atomic mass is 79.9. The summed E-state index contributed by atoms with van der Waals surface area (Å²) in [6.07, 6.45) is -3.61. The summed E-state index contributed by atoms with van der Waals surface area (Å²) < 4.78 is 53.2. The third-order valence-corrected chi connectivity index (χ3v) is 5.58. The van der Waals surface area contributed by atoms with Gasteiger partial charge in [0.2, 0.25) is 5.91 Å². The lowest BCUT2D eigenvalue weighted by Crippen LogP contribution is -2.38. The van der Waals surface area contributed by atoms with E-state index in [4.69, 9.17) is 0 Å². The second-order valence-corrected chi connectivity index (χ2v) is 7.59. The van der Waals surface area contributed by atoms with E-state index < -0.39 is 17.6 Å². The SMILES string of the molecule is O=C(Cc1ccccc1Br)N1CCCCc2cc(C(O)(F)C(F)(F)F)ccc21. The van der Waals surface area contributed by atoms with Gasteiger partial charge in [-0.05, 0) is 48.6 Å². The number of aryl methyl sites for hydroxylation is 1. The molecular formula is C20H18BrF4NO2. The molecule has 0 saturated heterocycles. The van der Waals surface area contributed by atoms with E-state index in [1.165, 1.54) is 11.0 Å². The number of nitrogens with zero attached hydrogens (tertiary/aromatic N) is 1. The summed E-state index contributed by atoms with van der Waals surface area (Å²) in [5.74, 6) is -4.63. The van der Waals surface area contributed by atoms with E-state index in [0.717, 1.165) is 22.2 Å². The number of carbonyl (C=O) groups is 1. The number of fused-ring (bicyclic) bond motifs is 1. The van der Waals surface area contributed by atoms with Crippen LogP contribution in [0.1, 0.15) is 29.5 Å². The Morgan fingerprint density at radius 1 is 1.11 bits per heavy atom. The van der Waals surface area contributed by atoms with Crippen LogP contribution in [0, 0.1) is 0 Å². The molecule has 150 valence electrons. The summed E-state index contributed by atoms with van der Waals surface area (Å²) in [5.41, 5.74) is 0.788. The molecule has 8 heteroatoms. The van der Waals surface area contributed by atoms with Crippen LogP contribution in [0.4, 0.5) is 23.2 Å². The van der Waals surface area contributed by atoms with Crippen LogP contribution in [-0.2, 0) is 23.5 Å². The van der Waals surface area contributed by atoms with Gasteiger partial charge in [0.05, 0.1) is 6.42 Å². The molecule has 1 atom stereocenters. The molecule has 0 bridgehead atoms. The second kappa shape index (κ2) is 7.83. The molecule has 1 aliphatic rings. The molecule has 0 radical (unpaired) electrons. The van der Waals surface area contributed by atoms with E-state index in [9.17, 15) is 27.5 Å². The van der Waals surface area contributed by atoms with Crippen molar-refractivity contribution in [3.05, 3.63) is 63.6 Å². The van der Waals surface area contributed by atoms with Gasteiger partial charge in [0, 0.05) is 22.3 Å². The molecular weight excluding hydrogens is 442 g/mol. The van der Waals surface area contributed by atoms with Gasteiger partial charge in [-0.25, -0.2) is 0 Å². The standard InChI is InChI=1S/C20H18BrF4NO2/c21-16-7-2-1-5-13(16)12-18(27)26-10-4-3-6-14-11-15(8-9-17(14)26)19(22,28)20(23,24)25/h1-2,5,7-9,11,28H,3-4,6,10,12H2. The monoisotopic (exact) mass is 459 g/mol. The molecule has 28 heavy (non-hydrogen) atoms. The molecule has 1 N–H and O–H groups in total. The molecule has 2 aromatic carbocycles. The van der Waals surface area contributed by atoms with Crippen LogP contribution in [0.25, 0.3) is 0 Å². The molecule has 3 rings (SSSR count). The smallest absolute Gasteiger partial charge is 0.351 e. The molecule has 1 heterocycles. The van der Waals surface area contributed by atoms with Crippen molar-refractivity contribution in [2.75, 3.05) is 11.4 Å². The van der Waals surface area contributed by atoms with Gasteiger partial charge in [0.15, 0.2) is 0 Å². The Hall–Kier alpha value is -1.93. The van der Waals surface area contributed by atoms with Gasteiger partial charge in [0.25, 0.3) is 0 Å².